The van der Waals surface area contributed by atoms with E-state index in [9.17, 15) is 14.7 Å². The lowest BCUT2D eigenvalue weighted by Crippen LogP contribution is -2.32. The Balaban J connectivity index is 1.84. The molecule has 1 fully saturated rings. The fraction of sp³-hybridized carbons (Fsp3) is 0.188. The van der Waals surface area contributed by atoms with E-state index < -0.39 is 6.03 Å². The number of nitrogens with zero attached hydrogens (tertiary/aromatic N) is 3. The van der Waals surface area contributed by atoms with E-state index in [1.54, 1.807) is 30.3 Å². The van der Waals surface area contributed by atoms with Crippen LogP contribution in [-0.2, 0) is 11.3 Å². The summed E-state index contributed by atoms with van der Waals surface area (Å²) in [6, 6.07) is 9.38. The third-order valence-electron chi connectivity index (χ3n) is 3.58. The monoisotopic (exact) mass is 313 g/mol. The summed E-state index contributed by atoms with van der Waals surface area (Å²) in [4.78, 5) is 31.2. The van der Waals surface area contributed by atoms with Gasteiger partial charge < -0.3 is 14.7 Å². The van der Waals surface area contributed by atoms with Crippen LogP contribution in [0.3, 0.4) is 0 Å². The summed E-state index contributed by atoms with van der Waals surface area (Å²) in [5.41, 5.74) is 0.995. The number of ether oxygens (including phenoxy) is 1. The molecule has 0 aliphatic carbocycles. The Bertz CT molecular complexity index is 762. The fourth-order valence-corrected chi connectivity index (χ4v) is 2.43. The van der Waals surface area contributed by atoms with Gasteiger partial charge >= 0.3 is 6.03 Å². The highest BCUT2D eigenvalue weighted by Gasteiger charge is 2.37. The van der Waals surface area contributed by atoms with Gasteiger partial charge in [0.05, 0.1) is 19.3 Å². The number of hydrogen-bond donors (Lipinski definition) is 1. The van der Waals surface area contributed by atoms with Crippen molar-refractivity contribution in [2.75, 3.05) is 18.6 Å². The largest absolute Gasteiger partial charge is 0.508 e. The lowest BCUT2D eigenvalue weighted by molar-refractivity contribution is -0.116. The Kier molecular flexibility index (Phi) is 3.84. The number of aromatic nitrogens is 1. The van der Waals surface area contributed by atoms with Gasteiger partial charge in [-0.1, -0.05) is 18.2 Å². The summed E-state index contributed by atoms with van der Waals surface area (Å²) in [5, 5.41) is 9.81. The molecule has 23 heavy (non-hydrogen) atoms. The first-order valence-electron chi connectivity index (χ1n) is 6.99. The molecule has 1 aliphatic rings. The van der Waals surface area contributed by atoms with Gasteiger partial charge in [-0.25, -0.2) is 14.7 Å². The number of methoxy groups -OCH3 is 1. The third kappa shape index (κ3) is 2.80. The average molecular weight is 313 g/mol. The molecule has 2 heterocycles. The van der Waals surface area contributed by atoms with Crippen LogP contribution in [0.15, 0.2) is 42.6 Å². The molecule has 1 aromatic heterocycles. The number of hydrogen-bond acceptors (Lipinski definition) is 5. The van der Waals surface area contributed by atoms with Crippen molar-refractivity contribution in [2.45, 2.75) is 6.54 Å². The van der Waals surface area contributed by atoms with E-state index in [2.05, 4.69) is 4.98 Å². The summed E-state index contributed by atoms with van der Waals surface area (Å²) in [6.45, 7) is 0.119. The second kappa shape index (κ2) is 5.96. The number of phenols is 1. The maximum atomic E-state index is 12.5. The molecule has 0 saturated carbocycles. The van der Waals surface area contributed by atoms with Gasteiger partial charge in [0, 0.05) is 17.8 Å². The molecule has 2 aromatic rings. The van der Waals surface area contributed by atoms with E-state index in [1.165, 1.54) is 24.3 Å². The Hall–Kier alpha value is -3.09. The number of aromatic hydroxyl groups is 1. The minimum Gasteiger partial charge on any atom is -0.508 e. The molecule has 0 unspecified atom stereocenters. The smallest absolute Gasteiger partial charge is 0.332 e. The van der Waals surface area contributed by atoms with Crippen LogP contribution in [0, 0.1) is 0 Å². The number of benzene rings is 1. The van der Waals surface area contributed by atoms with Crippen LogP contribution in [0.25, 0.3) is 0 Å². The van der Waals surface area contributed by atoms with E-state index in [1.807, 2.05) is 0 Å². The van der Waals surface area contributed by atoms with Crippen molar-refractivity contribution >= 4 is 17.6 Å². The highest BCUT2D eigenvalue weighted by atomic mass is 16.5. The molecule has 1 N–H and O–H groups in total. The first kappa shape index (κ1) is 14.8. The Morgan fingerprint density at radius 2 is 2.04 bits per heavy atom. The Labute approximate surface area is 132 Å². The van der Waals surface area contributed by atoms with Crippen molar-refractivity contribution in [2.24, 2.45) is 0 Å². The molecule has 0 bridgehead atoms. The van der Waals surface area contributed by atoms with Crippen LogP contribution in [0.2, 0.25) is 0 Å². The SMILES string of the molecule is COc1cc(N2C(=O)CN(Cc3ccccc3O)C2=O)ccn1. The predicted octanol–water partition coefficient (Wildman–Crippen LogP) is 1.76. The second-order valence-corrected chi connectivity index (χ2v) is 5.05. The molecule has 1 aliphatic heterocycles. The zero-order valence-corrected chi connectivity index (χ0v) is 12.5. The average Bonchev–Trinajstić information content (AvgIpc) is 2.83. The molecule has 7 heteroatoms. The number of imide groups is 1. The zero-order valence-electron chi connectivity index (χ0n) is 12.5. The number of amides is 3. The van der Waals surface area contributed by atoms with E-state index in [-0.39, 0.29) is 24.7 Å². The molecule has 3 amide bonds. The summed E-state index contributed by atoms with van der Waals surface area (Å²) >= 11 is 0. The van der Waals surface area contributed by atoms with Crippen LogP contribution in [-0.4, -0.2) is 40.6 Å². The molecule has 3 rings (SSSR count). The van der Waals surface area contributed by atoms with Gasteiger partial charge in [0.2, 0.25) is 5.88 Å². The highest BCUT2D eigenvalue weighted by Crippen LogP contribution is 2.26. The van der Waals surface area contributed by atoms with Gasteiger partial charge in [-0.2, -0.15) is 0 Å². The van der Waals surface area contributed by atoms with Crippen LogP contribution in [0.4, 0.5) is 10.5 Å². The standard InChI is InChI=1S/C16H15N3O4/c1-23-14-8-12(6-7-17-14)19-15(21)10-18(16(19)22)9-11-4-2-3-5-13(11)20/h2-8,20H,9-10H2,1H3. The third-order valence-corrected chi connectivity index (χ3v) is 3.58. The van der Waals surface area contributed by atoms with Crippen molar-refractivity contribution in [3.05, 3.63) is 48.2 Å². The van der Waals surface area contributed by atoms with Crippen molar-refractivity contribution < 1.29 is 19.4 Å². The molecular formula is C16H15N3O4. The molecule has 0 spiro atoms. The molecule has 1 saturated heterocycles. The number of carbonyl (C=O) groups excluding carboxylic acids is 2. The number of pyridine rings is 1. The van der Waals surface area contributed by atoms with Gasteiger partial charge in [0.1, 0.15) is 12.3 Å². The molecular weight excluding hydrogens is 298 g/mol. The molecule has 7 nitrogen and oxygen atoms in total. The Morgan fingerprint density at radius 3 is 2.78 bits per heavy atom. The van der Waals surface area contributed by atoms with Crippen molar-refractivity contribution in [3.8, 4) is 11.6 Å². The van der Waals surface area contributed by atoms with Gasteiger partial charge in [-0.05, 0) is 12.1 Å². The van der Waals surface area contributed by atoms with E-state index >= 15 is 0 Å². The summed E-state index contributed by atoms with van der Waals surface area (Å²) in [6.07, 6.45) is 1.47. The quantitative estimate of drug-likeness (QED) is 0.870. The molecule has 0 radical (unpaired) electrons. The normalized spacial score (nSPS) is 14.5. The van der Waals surface area contributed by atoms with Gasteiger partial charge in [-0.15, -0.1) is 0 Å². The summed E-state index contributed by atoms with van der Waals surface area (Å²) in [7, 11) is 1.46. The number of rotatable bonds is 4. The number of urea groups is 1. The van der Waals surface area contributed by atoms with Crippen molar-refractivity contribution in [1.29, 1.82) is 0 Å². The van der Waals surface area contributed by atoms with Crippen LogP contribution in [0.5, 0.6) is 11.6 Å². The van der Waals surface area contributed by atoms with E-state index in [0.29, 0.717) is 17.1 Å². The summed E-state index contributed by atoms with van der Waals surface area (Å²) < 4.78 is 5.02. The highest BCUT2D eigenvalue weighted by molar-refractivity contribution is 6.19. The number of anilines is 1. The topological polar surface area (TPSA) is 83.0 Å². The maximum absolute atomic E-state index is 12.5. The lowest BCUT2D eigenvalue weighted by atomic mass is 10.2. The first-order chi connectivity index (χ1) is 11.1. The van der Waals surface area contributed by atoms with Crippen molar-refractivity contribution in [1.82, 2.24) is 9.88 Å². The van der Waals surface area contributed by atoms with Gasteiger partial charge in [-0.3, -0.25) is 4.79 Å². The molecule has 1 aromatic carbocycles. The number of para-hydroxylation sites is 1. The number of phenolic OH excluding ortho intramolecular Hbond substituents is 1. The van der Waals surface area contributed by atoms with Crippen molar-refractivity contribution in [3.63, 3.8) is 0 Å². The molecule has 118 valence electrons. The molecule has 0 atom stereocenters. The van der Waals surface area contributed by atoms with Crippen LogP contribution < -0.4 is 9.64 Å². The second-order valence-electron chi connectivity index (χ2n) is 5.05. The van der Waals surface area contributed by atoms with Gasteiger partial charge in [0.15, 0.2) is 0 Å². The Morgan fingerprint density at radius 1 is 1.26 bits per heavy atom. The first-order valence-corrected chi connectivity index (χ1v) is 6.99. The summed E-state index contributed by atoms with van der Waals surface area (Å²) in [5.74, 6) is 0.0812. The van der Waals surface area contributed by atoms with Crippen LogP contribution >= 0.6 is 0 Å². The predicted molar refractivity (Wildman–Crippen MR) is 82.2 cm³/mol. The fourth-order valence-electron chi connectivity index (χ4n) is 2.43. The van der Waals surface area contributed by atoms with E-state index in [4.69, 9.17) is 4.74 Å². The minimum atomic E-state index is -0.438. The maximum Gasteiger partial charge on any atom is 0.332 e. The zero-order chi connectivity index (χ0) is 16.4. The number of carbonyl (C=O) groups is 2. The minimum absolute atomic E-state index is 0.0438. The van der Waals surface area contributed by atoms with Crippen LogP contribution in [0.1, 0.15) is 5.56 Å². The van der Waals surface area contributed by atoms with E-state index in [0.717, 1.165) is 4.90 Å². The van der Waals surface area contributed by atoms with Gasteiger partial charge in [0.25, 0.3) is 5.91 Å². The lowest BCUT2D eigenvalue weighted by Gasteiger charge is -2.17.